The highest BCUT2D eigenvalue weighted by molar-refractivity contribution is 7.91. The number of nitrogens with one attached hydrogen (secondary N) is 2. The molecule has 0 spiro atoms. The van der Waals surface area contributed by atoms with Crippen LogP contribution >= 0.6 is 0 Å². The Balaban J connectivity index is 1.85. The largest absolute Gasteiger partial charge is 0.489 e. The van der Waals surface area contributed by atoms with Gasteiger partial charge in [0, 0.05) is 13.6 Å². The van der Waals surface area contributed by atoms with Gasteiger partial charge in [0.2, 0.25) is 0 Å². The molecule has 0 aromatic heterocycles. The predicted octanol–water partition coefficient (Wildman–Crippen LogP) is 2.46. The van der Waals surface area contributed by atoms with Gasteiger partial charge in [-0.2, -0.15) is 13.2 Å². The minimum Gasteiger partial charge on any atom is -0.489 e. The summed E-state index contributed by atoms with van der Waals surface area (Å²) in [6.45, 7) is 2.71. The fourth-order valence-corrected chi connectivity index (χ4v) is 4.77. The molecule has 0 bridgehead atoms. The van der Waals surface area contributed by atoms with Gasteiger partial charge >= 0.3 is 6.18 Å². The normalized spacial score (nSPS) is 20.6. The number of aliphatic imine (C=N–C) groups is 1. The minimum absolute atomic E-state index is 0.0480. The third-order valence-corrected chi connectivity index (χ3v) is 6.36. The minimum atomic E-state index is -4.42. The van der Waals surface area contributed by atoms with Crippen LogP contribution < -0.4 is 15.4 Å². The molecule has 0 saturated carbocycles. The number of rotatable bonds is 7. The first kappa shape index (κ1) is 22.3. The Morgan fingerprint density at radius 3 is 2.68 bits per heavy atom. The lowest BCUT2D eigenvalue weighted by Crippen LogP contribution is -2.44. The summed E-state index contributed by atoms with van der Waals surface area (Å²) in [6, 6.07) is 4.79. The highest BCUT2D eigenvalue weighted by Gasteiger charge is 2.31. The van der Waals surface area contributed by atoms with Gasteiger partial charge in [-0.15, -0.1) is 0 Å². The van der Waals surface area contributed by atoms with E-state index in [-0.39, 0.29) is 29.3 Å². The first-order valence-electron chi connectivity index (χ1n) is 9.12. The molecule has 1 aromatic rings. The molecule has 0 aliphatic carbocycles. The van der Waals surface area contributed by atoms with Crippen molar-refractivity contribution in [2.75, 3.05) is 31.6 Å². The molecule has 2 N–H and O–H groups in total. The standard InChI is InChI=1S/C18H26F3N3O3S/c1-3-15(27-16-6-4-5-14(9-16)18(19,20)21)11-24-17(22-2)23-10-13-7-8-28(25,26)12-13/h4-6,9,13,15H,3,7-8,10-12H2,1-2H3,(H2,22,23,24). The van der Waals surface area contributed by atoms with Gasteiger partial charge in [0.25, 0.3) is 0 Å². The Bertz CT molecular complexity index is 782. The van der Waals surface area contributed by atoms with Gasteiger partial charge in [0.15, 0.2) is 15.8 Å². The third-order valence-electron chi connectivity index (χ3n) is 4.53. The molecule has 0 amide bonds. The summed E-state index contributed by atoms with van der Waals surface area (Å²) in [7, 11) is -1.34. The van der Waals surface area contributed by atoms with Crippen LogP contribution in [0.1, 0.15) is 25.3 Å². The SMILES string of the molecule is CCC(CNC(=NC)NCC1CCS(=O)(=O)C1)Oc1cccc(C(F)(F)F)c1. The smallest absolute Gasteiger partial charge is 0.416 e. The molecule has 1 fully saturated rings. The van der Waals surface area contributed by atoms with Crippen molar-refractivity contribution in [2.24, 2.45) is 10.9 Å². The second kappa shape index (κ2) is 9.49. The van der Waals surface area contributed by atoms with E-state index in [0.29, 0.717) is 31.9 Å². The number of sulfone groups is 1. The average Bonchev–Trinajstić information content (AvgIpc) is 2.99. The van der Waals surface area contributed by atoms with E-state index in [1.807, 2.05) is 6.92 Å². The molecule has 2 atom stereocenters. The number of nitrogens with zero attached hydrogens (tertiary/aromatic N) is 1. The van der Waals surface area contributed by atoms with Crippen molar-refractivity contribution >= 4 is 15.8 Å². The topological polar surface area (TPSA) is 79.8 Å². The van der Waals surface area contributed by atoms with Gasteiger partial charge in [-0.1, -0.05) is 13.0 Å². The first-order chi connectivity index (χ1) is 13.1. The zero-order valence-corrected chi connectivity index (χ0v) is 16.7. The molecule has 2 rings (SSSR count). The van der Waals surface area contributed by atoms with E-state index in [4.69, 9.17) is 4.74 Å². The van der Waals surface area contributed by atoms with Crippen molar-refractivity contribution in [2.45, 2.75) is 32.0 Å². The predicted molar refractivity (Wildman–Crippen MR) is 102 cm³/mol. The monoisotopic (exact) mass is 421 g/mol. The summed E-state index contributed by atoms with van der Waals surface area (Å²) in [4.78, 5) is 4.09. The van der Waals surface area contributed by atoms with Crippen molar-refractivity contribution in [3.63, 3.8) is 0 Å². The zero-order chi connectivity index (χ0) is 20.8. The molecule has 10 heteroatoms. The highest BCUT2D eigenvalue weighted by atomic mass is 32.2. The molecular weight excluding hydrogens is 395 g/mol. The van der Waals surface area contributed by atoms with Crippen LogP contribution in [-0.2, 0) is 16.0 Å². The Kier molecular flexibility index (Phi) is 7.56. The molecular formula is C18H26F3N3O3S. The van der Waals surface area contributed by atoms with E-state index in [9.17, 15) is 21.6 Å². The van der Waals surface area contributed by atoms with E-state index >= 15 is 0 Å². The Morgan fingerprint density at radius 2 is 2.11 bits per heavy atom. The lowest BCUT2D eigenvalue weighted by atomic mass is 10.1. The molecule has 2 unspecified atom stereocenters. The number of alkyl halides is 3. The van der Waals surface area contributed by atoms with Gasteiger partial charge in [-0.3, -0.25) is 4.99 Å². The van der Waals surface area contributed by atoms with E-state index < -0.39 is 21.6 Å². The van der Waals surface area contributed by atoms with E-state index in [1.165, 1.54) is 12.1 Å². The second-order valence-electron chi connectivity index (χ2n) is 6.78. The summed E-state index contributed by atoms with van der Waals surface area (Å²) in [6.07, 6.45) is -3.56. The number of guanidine groups is 1. The van der Waals surface area contributed by atoms with Crippen LogP contribution in [0, 0.1) is 5.92 Å². The number of benzene rings is 1. The number of hydrogen-bond donors (Lipinski definition) is 2. The molecule has 1 heterocycles. The van der Waals surface area contributed by atoms with Crippen LogP contribution in [0.2, 0.25) is 0 Å². The zero-order valence-electron chi connectivity index (χ0n) is 15.9. The van der Waals surface area contributed by atoms with E-state index in [2.05, 4.69) is 15.6 Å². The fraction of sp³-hybridized carbons (Fsp3) is 0.611. The van der Waals surface area contributed by atoms with Crippen LogP contribution in [0.5, 0.6) is 5.75 Å². The second-order valence-corrected chi connectivity index (χ2v) is 9.01. The number of ether oxygens (including phenoxy) is 1. The van der Waals surface area contributed by atoms with Crippen LogP contribution in [0.15, 0.2) is 29.3 Å². The lowest BCUT2D eigenvalue weighted by Gasteiger charge is -2.21. The summed E-state index contributed by atoms with van der Waals surface area (Å²) in [5.74, 6) is 1.09. The molecule has 28 heavy (non-hydrogen) atoms. The van der Waals surface area contributed by atoms with E-state index in [0.717, 1.165) is 12.1 Å². The Morgan fingerprint density at radius 1 is 1.36 bits per heavy atom. The quantitative estimate of drug-likeness (QED) is 0.522. The van der Waals surface area contributed by atoms with Crippen LogP contribution in [-0.4, -0.2) is 52.1 Å². The Hall–Kier alpha value is -1.97. The van der Waals surface area contributed by atoms with Crippen molar-refractivity contribution in [3.8, 4) is 5.75 Å². The summed E-state index contributed by atoms with van der Waals surface area (Å²) < 4.78 is 67.1. The van der Waals surface area contributed by atoms with Crippen LogP contribution in [0.25, 0.3) is 0 Å². The lowest BCUT2D eigenvalue weighted by molar-refractivity contribution is -0.137. The maximum Gasteiger partial charge on any atom is 0.416 e. The van der Waals surface area contributed by atoms with Crippen molar-refractivity contribution in [1.82, 2.24) is 10.6 Å². The molecule has 1 aliphatic rings. The van der Waals surface area contributed by atoms with Gasteiger partial charge in [-0.25, -0.2) is 8.42 Å². The van der Waals surface area contributed by atoms with E-state index in [1.54, 1.807) is 7.05 Å². The van der Waals surface area contributed by atoms with Gasteiger partial charge in [-0.05, 0) is 37.0 Å². The molecule has 1 saturated heterocycles. The van der Waals surface area contributed by atoms with Gasteiger partial charge in [0.1, 0.15) is 11.9 Å². The molecule has 158 valence electrons. The molecule has 1 aromatic carbocycles. The van der Waals surface area contributed by atoms with Crippen molar-refractivity contribution in [3.05, 3.63) is 29.8 Å². The summed E-state index contributed by atoms with van der Waals surface area (Å²) in [5.41, 5.74) is -0.753. The molecule has 1 aliphatic heterocycles. The highest BCUT2D eigenvalue weighted by Crippen LogP contribution is 2.31. The summed E-state index contributed by atoms with van der Waals surface area (Å²) in [5, 5.41) is 6.16. The third kappa shape index (κ3) is 6.88. The van der Waals surface area contributed by atoms with Crippen molar-refractivity contribution < 1.29 is 26.3 Å². The average molecular weight is 421 g/mol. The van der Waals surface area contributed by atoms with Crippen LogP contribution in [0.4, 0.5) is 13.2 Å². The fourth-order valence-electron chi connectivity index (χ4n) is 2.91. The number of halogens is 3. The maximum absolute atomic E-state index is 12.8. The Labute approximate surface area is 163 Å². The molecule has 0 radical (unpaired) electrons. The molecule has 6 nitrogen and oxygen atoms in total. The summed E-state index contributed by atoms with van der Waals surface area (Å²) >= 11 is 0. The first-order valence-corrected chi connectivity index (χ1v) is 10.9. The van der Waals surface area contributed by atoms with Gasteiger partial charge < -0.3 is 15.4 Å². The number of hydrogen-bond acceptors (Lipinski definition) is 4. The van der Waals surface area contributed by atoms with Crippen LogP contribution in [0.3, 0.4) is 0 Å². The maximum atomic E-state index is 12.8. The van der Waals surface area contributed by atoms with Gasteiger partial charge in [0.05, 0.1) is 23.6 Å². The van der Waals surface area contributed by atoms with Crippen molar-refractivity contribution in [1.29, 1.82) is 0 Å².